The van der Waals surface area contributed by atoms with Gasteiger partial charge in [-0.3, -0.25) is 4.90 Å². The van der Waals surface area contributed by atoms with Crippen molar-refractivity contribution in [2.75, 3.05) is 12.8 Å². The van der Waals surface area contributed by atoms with E-state index < -0.39 is 0 Å². The van der Waals surface area contributed by atoms with Crippen molar-refractivity contribution in [3.8, 4) is 0 Å². The molecular formula is C14H20BrFN2. The number of nitrogen functional groups attached to an aromatic ring is 1. The van der Waals surface area contributed by atoms with Gasteiger partial charge in [-0.05, 0) is 37.6 Å². The molecule has 1 aliphatic rings. The molecule has 2 N–H and O–H groups in total. The summed E-state index contributed by atoms with van der Waals surface area (Å²) in [5, 5.41) is 0. The number of rotatable bonds is 3. The molecule has 0 saturated heterocycles. The van der Waals surface area contributed by atoms with E-state index >= 15 is 0 Å². The molecule has 2 nitrogen and oxygen atoms in total. The van der Waals surface area contributed by atoms with E-state index in [1.54, 1.807) is 0 Å². The second-order valence-corrected chi connectivity index (χ2v) is 6.08. The first-order chi connectivity index (χ1) is 8.58. The van der Waals surface area contributed by atoms with Crippen LogP contribution >= 0.6 is 15.9 Å². The molecule has 100 valence electrons. The van der Waals surface area contributed by atoms with Gasteiger partial charge in [0.25, 0.3) is 0 Å². The molecule has 0 radical (unpaired) electrons. The number of nitrogens with two attached hydrogens (primary N) is 1. The highest BCUT2D eigenvalue weighted by Gasteiger charge is 2.19. The Morgan fingerprint density at radius 2 is 2.00 bits per heavy atom. The van der Waals surface area contributed by atoms with Crippen molar-refractivity contribution < 1.29 is 4.39 Å². The van der Waals surface area contributed by atoms with Crippen LogP contribution in [0, 0.1) is 5.82 Å². The van der Waals surface area contributed by atoms with Crippen molar-refractivity contribution in [3.05, 3.63) is 28.0 Å². The molecule has 0 bridgehead atoms. The van der Waals surface area contributed by atoms with Crippen molar-refractivity contribution >= 4 is 21.6 Å². The number of halogens is 2. The van der Waals surface area contributed by atoms with Gasteiger partial charge < -0.3 is 5.73 Å². The maximum Gasteiger partial charge on any atom is 0.147 e. The van der Waals surface area contributed by atoms with Crippen molar-refractivity contribution in [2.45, 2.75) is 44.7 Å². The summed E-state index contributed by atoms with van der Waals surface area (Å²) in [6.45, 7) is 0.715. The lowest BCUT2D eigenvalue weighted by Crippen LogP contribution is -2.33. The molecule has 0 amide bonds. The van der Waals surface area contributed by atoms with E-state index in [-0.39, 0.29) is 11.5 Å². The van der Waals surface area contributed by atoms with Crippen molar-refractivity contribution in [3.63, 3.8) is 0 Å². The molecule has 4 heteroatoms. The Kier molecular flexibility index (Phi) is 4.62. The predicted molar refractivity (Wildman–Crippen MR) is 76.9 cm³/mol. The standard InChI is InChI=1S/C14H20BrFN2/c1-18(12-5-3-2-4-6-12)9-10-7-11(15)8-13(16)14(10)17/h7-8,12H,2-6,9,17H2,1H3. The van der Waals surface area contributed by atoms with Gasteiger partial charge in [0, 0.05) is 17.1 Å². The first-order valence-corrected chi connectivity index (χ1v) is 7.31. The highest BCUT2D eigenvalue weighted by molar-refractivity contribution is 9.10. The summed E-state index contributed by atoms with van der Waals surface area (Å²) >= 11 is 3.32. The first-order valence-electron chi connectivity index (χ1n) is 6.51. The van der Waals surface area contributed by atoms with E-state index in [2.05, 4.69) is 27.9 Å². The third-order valence-corrected chi connectivity index (χ3v) is 4.26. The molecule has 18 heavy (non-hydrogen) atoms. The van der Waals surface area contributed by atoms with E-state index in [1.807, 2.05) is 6.07 Å². The SMILES string of the molecule is CN(Cc1cc(Br)cc(F)c1N)C1CCCCC1. The highest BCUT2D eigenvalue weighted by atomic mass is 79.9. The molecule has 0 aromatic heterocycles. The molecule has 1 aromatic rings. The van der Waals surface area contributed by atoms with Crippen LogP contribution in [0.3, 0.4) is 0 Å². The Bertz CT molecular complexity index is 417. The smallest absolute Gasteiger partial charge is 0.147 e. The number of nitrogens with zero attached hydrogens (tertiary/aromatic N) is 1. The normalized spacial score (nSPS) is 17.3. The van der Waals surface area contributed by atoms with E-state index in [9.17, 15) is 4.39 Å². The number of hydrogen-bond donors (Lipinski definition) is 1. The Morgan fingerprint density at radius 3 is 2.67 bits per heavy atom. The number of hydrogen-bond acceptors (Lipinski definition) is 2. The lowest BCUT2D eigenvalue weighted by atomic mass is 9.94. The molecule has 2 rings (SSSR count). The second kappa shape index (κ2) is 6.02. The minimum absolute atomic E-state index is 0.279. The largest absolute Gasteiger partial charge is 0.396 e. The molecule has 0 atom stereocenters. The topological polar surface area (TPSA) is 29.3 Å². The Hall–Kier alpha value is -0.610. The third-order valence-electron chi connectivity index (χ3n) is 3.80. The second-order valence-electron chi connectivity index (χ2n) is 5.17. The molecule has 1 aliphatic carbocycles. The summed E-state index contributed by atoms with van der Waals surface area (Å²) in [6, 6.07) is 3.94. The van der Waals surface area contributed by atoms with Gasteiger partial charge in [0.05, 0.1) is 5.69 Å². The fourth-order valence-corrected chi connectivity index (χ4v) is 3.17. The molecule has 0 heterocycles. The molecule has 0 unspecified atom stereocenters. The molecule has 1 saturated carbocycles. The summed E-state index contributed by atoms with van der Waals surface area (Å²) in [5.74, 6) is -0.337. The minimum atomic E-state index is -0.337. The summed E-state index contributed by atoms with van der Waals surface area (Å²) < 4.78 is 14.3. The van der Waals surface area contributed by atoms with Crippen molar-refractivity contribution in [2.24, 2.45) is 0 Å². The summed E-state index contributed by atoms with van der Waals surface area (Å²) in [4.78, 5) is 2.30. The Balaban J connectivity index is 2.08. The van der Waals surface area contributed by atoms with Crippen LogP contribution in [0.2, 0.25) is 0 Å². The van der Waals surface area contributed by atoms with Gasteiger partial charge in [-0.15, -0.1) is 0 Å². The van der Waals surface area contributed by atoms with Crippen LogP contribution in [0.25, 0.3) is 0 Å². The zero-order valence-corrected chi connectivity index (χ0v) is 12.3. The molecule has 0 spiro atoms. The lowest BCUT2D eigenvalue weighted by Gasteiger charge is -2.31. The van der Waals surface area contributed by atoms with Crippen LogP contribution in [-0.2, 0) is 6.54 Å². The zero-order valence-electron chi connectivity index (χ0n) is 10.8. The van der Waals surface area contributed by atoms with E-state index in [1.165, 1.54) is 38.2 Å². The molecule has 1 fully saturated rings. The van der Waals surface area contributed by atoms with Gasteiger partial charge in [0.2, 0.25) is 0 Å². The van der Waals surface area contributed by atoms with Crippen LogP contribution in [0.15, 0.2) is 16.6 Å². The van der Waals surface area contributed by atoms with Crippen LogP contribution in [0.1, 0.15) is 37.7 Å². The Morgan fingerprint density at radius 1 is 1.33 bits per heavy atom. The van der Waals surface area contributed by atoms with Crippen molar-refractivity contribution in [1.82, 2.24) is 4.90 Å². The maximum absolute atomic E-state index is 13.6. The molecule has 0 aliphatic heterocycles. The highest BCUT2D eigenvalue weighted by Crippen LogP contribution is 2.27. The summed E-state index contributed by atoms with van der Waals surface area (Å²) in [6.07, 6.45) is 6.44. The predicted octanol–water partition coefficient (Wildman–Crippen LogP) is 3.93. The monoisotopic (exact) mass is 314 g/mol. The van der Waals surface area contributed by atoms with Gasteiger partial charge in [-0.2, -0.15) is 0 Å². The van der Waals surface area contributed by atoms with E-state index in [0.29, 0.717) is 12.6 Å². The van der Waals surface area contributed by atoms with E-state index in [0.717, 1.165) is 10.0 Å². The Labute approximate surface area is 116 Å². The minimum Gasteiger partial charge on any atom is -0.396 e. The van der Waals surface area contributed by atoms with Crippen LogP contribution in [0.5, 0.6) is 0 Å². The van der Waals surface area contributed by atoms with Crippen LogP contribution < -0.4 is 5.73 Å². The van der Waals surface area contributed by atoms with Crippen molar-refractivity contribution in [1.29, 1.82) is 0 Å². The average Bonchev–Trinajstić information content (AvgIpc) is 2.36. The fourth-order valence-electron chi connectivity index (χ4n) is 2.69. The van der Waals surface area contributed by atoms with Gasteiger partial charge >= 0.3 is 0 Å². The van der Waals surface area contributed by atoms with Gasteiger partial charge in [-0.1, -0.05) is 35.2 Å². The number of anilines is 1. The van der Waals surface area contributed by atoms with Crippen LogP contribution in [0.4, 0.5) is 10.1 Å². The van der Waals surface area contributed by atoms with Crippen LogP contribution in [-0.4, -0.2) is 18.0 Å². The average molecular weight is 315 g/mol. The molecule has 1 aromatic carbocycles. The molecular weight excluding hydrogens is 295 g/mol. The first kappa shape index (κ1) is 13.8. The summed E-state index contributed by atoms with van der Waals surface area (Å²) in [5.41, 5.74) is 6.96. The quantitative estimate of drug-likeness (QED) is 0.856. The number of benzene rings is 1. The van der Waals surface area contributed by atoms with Gasteiger partial charge in [0.15, 0.2) is 0 Å². The summed E-state index contributed by atoms with van der Waals surface area (Å²) in [7, 11) is 2.11. The van der Waals surface area contributed by atoms with E-state index in [4.69, 9.17) is 5.73 Å². The zero-order chi connectivity index (χ0) is 13.1. The van der Waals surface area contributed by atoms with Gasteiger partial charge in [0.1, 0.15) is 5.82 Å². The third kappa shape index (κ3) is 3.23. The van der Waals surface area contributed by atoms with Gasteiger partial charge in [-0.25, -0.2) is 4.39 Å². The lowest BCUT2D eigenvalue weighted by molar-refractivity contribution is 0.184. The fraction of sp³-hybridized carbons (Fsp3) is 0.571. The maximum atomic E-state index is 13.6.